The Morgan fingerprint density at radius 3 is 2.95 bits per heavy atom. The van der Waals surface area contributed by atoms with Crippen LogP contribution in [-0.4, -0.2) is 16.0 Å². The Labute approximate surface area is 123 Å². The van der Waals surface area contributed by atoms with Crippen molar-refractivity contribution in [1.29, 1.82) is 0 Å². The molecule has 1 aromatic carbocycles. The van der Waals surface area contributed by atoms with E-state index in [0.29, 0.717) is 22.8 Å². The van der Waals surface area contributed by atoms with E-state index < -0.39 is 0 Å². The summed E-state index contributed by atoms with van der Waals surface area (Å²) >= 11 is 5.92. The largest absolute Gasteiger partial charge is 0.424 e. The second kappa shape index (κ2) is 5.77. The van der Waals surface area contributed by atoms with E-state index in [4.69, 9.17) is 16.3 Å². The zero-order valence-corrected chi connectivity index (χ0v) is 12.0. The summed E-state index contributed by atoms with van der Waals surface area (Å²) in [5.74, 6) is 0.640. The van der Waals surface area contributed by atoms with Crippen LogP contribution in [0.15, 0.2) is 30.5 Å². The molecule has 1 aliphatic rings. The molecule has 104 valence electrons. The summed E-state index contributed by atoms with van der Waals surface area (Å²) < 4.78 is 5.61. The number of rotatable bonds is 5. The topological polar surface area (TPSA) is 47.0 Å². The van der Waals surface area contributed by atoms with Crippen molar-refractivity contribution in [2.75, 3.05) is 0 Å². The first kappa shape index (κ1) is 13.3. The Kier molecular flexibility index (Phi) is 3.85. The van der Waals surface area contributed by atoms with Crippen molar-refractivity contribution in [3.8, 4) is 11.8 Å². The molecule has 1 aliphatic carbocycles. The van der Waals surface area contributed by atoms with E-state index in [9.17, 15) is 0 Å². The van der Waals surface area contributed by atoms with Crippen molar-refractivity contribution in [3.63, 3.8) is 0 Å². The fourth-order valence-electron chi connectivity index (χ4n) is 1.87. The molecule has 0 bridgehead atoms. The fraction of sp³-hybridized carbons (Fsp3) is 0.333. The highest BCUT2D eigenvalue weighted by molar-refractivity contribution is 6.30. The molecule has 0 radical (unpaired) electrons. The molecule has 1 N–H and O–H groups in total. The second-order valence-corrected chi connectivity index (χ2v) is 5.41. The van der Waals surface area contributed by atoms with Crippen LogP contribution in [0, 0.1) is 6.92 Å². The average Bonchev–Trinajstić information content (AvgIpc) is 3.22. The van der Waals surface area contributed by atoms with E-state index >= 15 is 0 Å². The van der Waals surface area contributed by atoms with Crippen LogP contribution in [0.25, 0.3) is 0 Å². The van der Waals surface area contributed by atoms with E-state index in [-0.39, 0.29) is 0 Å². The standard InChI is InChI=1S/C15H16ClN3O/c1-10-11(8-17-13-5-6-13)9-18-15(19-10)20-14-4-2-3-12(16)7-14/h2-4,7,9,13,17H,5-6,8H2,1H3. The first-order valence-electron chi connectivity index (χ1n) is 6.70. The van der Waals surface area contributed by atoms with Gasteiger partial charge in [0.15, 0.2) is 0 Å². The summed E-state index contributed by atoms with van der Waals surface area (Å²) in [4.78, 5) is 8.63. The number of hydrogen-bond donors (Lipinski definition) is 1. The predicted octanol–water partition coefficient (Wildman–Crippen LogP) is 3.48. The lowest BCUT2D eigenvalue weighted by Crippen LogP contribution is -2.16. The van der Waals surface area contributed by atoms with E-state index in [1.807, 2.05) is 25.3 Å². The van der Waals surface area contributed by atoms with E-state index in [2.05, 4.69) is 15.3 Å². The molecule has 0 atom stereocenters. The maximum Gasteiger partial charge on any atom is 0.322 e. The Bertz CT molecular complexity index is 614. The van der Waals surface area contributed by atoms with Gasteiger partial charge in [-0.25, -0.2) is 4.98 Å². The van der Waals surface area contributed by atoms with Gasteiger partial charge in [0.1, 0.15) is 5.75 Å². The highest BCUT2D eigenvalue weighted by Crippen LogP contribution is 2.23. The smallest absolute Gasteiger partial charge is 0.322 e. The number of ether oxygens (including phenoxy) is 1. The molecule has 5 heteroatoms. The first-order chi connectivity index (χ1) is 9.70. The van der Waals surface area contributed by atoms with Gasteiger partial charge in [0, 0.05) is 35.1 Å². The van der Waals surface area contributed by atoms with E-state index in [1.54, 1.807) is 12.1 Å². The van der Waals surface area contributed by atoms with Gasteiger partial charge in [-0.05, 0) is 38.0 Å². The zero-order chi connectivity index (χ0) is 13.9. The van der Waals surface area contributed by atoms with Crippen LogP contribution in [0.4, 0.5) is 0 Å². The average molecular weight is 290 g/mol. The number of aromatic nitrogens is 2. The summed E-state index contributed by atoms with van der Waals surface area (Å²) in [7, 11) is 0. The van der Waals surface area contributed by atoms with Gasteiger partial charge >= 0.3 is 6.01 Å². The highest BCUT2D eigenvalue weighted by Gasteiger charge is 2.20. The molecule has 0 amide bonds. The van der Waals surface area contributed by atoms with Crippen molar-refractivity contribution in [1.82, 2.24) is 15.3 Å². The SMILES string of the molecule is Cc1nc(Oc2cccc(Cl)c2)ncc1CNC1CC1. The number of nitrogens with zero attached hydrogens (tertiary/aromatic N) is 2. The summed E-state index contributed by atoms with van der Waals surface area (Å²) in [5, 5.41) is 4.08. The normalized spacial score (nSPS) is 14.3. The van der Waals surface area contributed by atoms with Crippen LogP contribution >= 0.6 is 11.6 Å². The van der Waals surface area contributed by atoms with Gasteiger partial charge in [-0.1, -0.05) is 17.7 Å². The molecular formula is C15H16ClN3O. The molecule has 20 heavy (non-hydrogen) atoms. The van der Waals surface area contributed by atoms with E-state index in [1.165, 1.54) is 12.8 Å². The first-order valence-corrected chi connectivity index (χ1v) is 7.08. The second-order valence-electron chi connectivity index (χ2n) is 4.98. The number of benzene rings is 1. The van der Waals surface area contributed by atoms with Crippen molar-refractivity contribution in [2.24, 2.45) is 0 Å². The number of hydrogen-bond acceptors (Lipinski definition) is 4. The Balaban J connectivity index is 1.69. The van der Waals surface area contributed by atoms with Crippen molar-refractivity contribution in [3.05, 3.63) is 46.7 Å². The van der Waals surface area contributed by atoms with E-state index in [0.717, 1.165) is 17.8 Å². The molecule has 2 aromatic rings. The summed E-state index contributed by atoms with van der Waals surface area (Å²) in [6, 6.07) is 8.22. The van der Waals surface area contributed by atoms with Gasteiger partial charge in [-0.3, -0.25) is 0 Å². The molecule has 0 spiro atoms. The van der Waals surface area contributed by atoms with Crippen molar-refractivity contribution < 1.29 is 4.74 Å². The van der Waals surface area contributed by atoms with Crippen LogP contribution in [0.1, 0.15) is 24.1 Å². The third kappa shape index (κ3) is 3.46. The molecule has 4 nitrogen and oxygen atoms in total. The minimum atomic E-state index is 0.347. The summed E-state index contributed by atoms with van der Waals surface area (Å²) in [6.07, 6.45) is 4.36. The van der Waals surface area contributed by atoms with Gasteiger partial charge < -0.3 is 10.1 Å². The minimum Gasteiger partial charge on any atom is -0.424 e. The van der Waals surface area contributed by atoms with Crippen LogP contribution in [0.2, 0.25) is 5.02 Å². The lowest BCUT2D eigenvalue weighted by atomic mass is 10.2. The molecule has 0 aliphatic heterocycles. The lowest BCUT2D eigenvalue weighted by Gasteiger charge is -2.08. The molecule has 1 saturated carbocycles. The predicted molar refractivity (Wildman–Crippen MR) is 78.2 cm³/mol. The van der Waals surface area contributed by atoms with Crippen molar-refractivity contribution >= 4 is 11.6 Å². The molecule has 1 heterocycles. The van der Waals surface area contributed by atoms with Crippen LogP contribution in [0.5, 0.6) is 11.8 Å². The third-order valence-electron chi connectivity index (χ3n) is 3.22. The quantitative estimate of drug-likeness (QED) is 0.915. The van der Waals surface area contributed by atoms with Gasteiger partial charge in [0.25, 0.3) is 0 Å². The molecule has 0 saturated heterocycles. The van der Waals surface area contributed by atoms with Crippen molar-refractivity contribution in [2.45, 2.75) is 32.4 Å². The third-order valence-corrected chi connectivity index (χ3v) is 3.46. The maximum atomic E-state index is 5.92. The highest BCUT2D eigenvalue weighted by atomic mass is 35.5. The fourth-order valence-corrected chi connectivity index (χ4v) is 2.05. The van der Waals surface area contributed by atoms with Gasteiger partial charge in [0.2, 0.25) is 0 Å². The van der Waals surface area contributed by atoms with Gasteiger partial charge in [-0.2, -0.15) is 4.98 Å². The number of halogens is 1. The molecule has 0 unspecified atom stereocenters. The Morgan fingerprint density at radius 2 is 2.25 bits per heavy atom. The summed E-state index contributed by atoms with van der Waals surface area (Å²) in [5.41, 5.74) is 2.04. The van der Waals surface area contributed by atoms with Crippen LogP contribution in [-0.2, 0) is 6.54 Å². The lowest BCUT2D eigenvalue weighted by molar-refractivity contribution is 0.439. The Hall–Kier alpha value is -1.65. The molecule has 3 rings (SSSR count). The monoisotopic (exact) mass is 289 g/mol. The minimum absolute atomic E-state index is 0.347. The van der Waals surface area contributed by atoms with Crippen LogP contribution in [0.3, 0.4) is 0 Å². The molecular weight excluding hydrogens is 274 g/mol. The molecule has 1 fully saturated rings. The number of nitrogens with one attached hydrogen (secondary N) is 1. The Morgan fingerprint density at radius 1 is 1.40 bits per heavy atom. The van der Waals surface area contributed by atoms with Crippen LogP contribution < -0.4 is 10.1 Å². The maximum absolute atomic E-state index is 5.92. The van der Waals surface area contributed by atoms with Gasteiger partial charge in [0.05, 0.1) is 0 Å². The zero-order valence-electron chi connectivity index (χ0n) is 11.3. The molecule has 1 aromatic heterocycles. The van der Waals surface area contributed by atoms with Gasteiger partial charge in [-0.15, -0.1) is 0 Å². The number of aryl methyl sites for hydroxylation is 1. The summed E-state index contributed by atoms with van der Waals surface area (Å²) in [6.45, 7) is 2.78.